The summed E-state index contributed by atoms with van der Waals surface area (Å²) < 4.78 is 6.94. The summed E-state index contributed by atoms with van der Waals surface area (Å²) in [6.45, 7) is 4.69. The van der Waals surface area contributed by atoms with E-state index in [2.05, 4.69) is 15.5 Å². The van der Waals surface area contributed by atoms with Crippen LogP contribution in [-0.4, -0.2) is 58.0 Å². The molecule has 0 spiro atoms. The SMILES string of the molecule is CCOC(=O)N1CCC(NCCc2nncn2C)CC1. The van der Waals surface area contributed by atoms with E-state index < -0.39 is 0 Å². The van der Waals surface area contributed by atoms with Crippen molar-refractivity contribution in [2.75, 3.05) is 26.2 Å². The van der Waals surface area contributed by atoms with Crippen molar-refractivity contribution >= 4 is 6.09 Å². The zero-order valence-electron chi connectivity index (χ0n) is 12.2. The van der Waals surface area contributed by atoms with Gasteiger partial charge in [0.25, 0.3) is 0 Å². The molecule has 1 N–H and O–H groups in total. The molecule has 0 aliphatic carbocycles. The molecular formula is C13H23N5O2. The molecule has 0 bridgehead atoms. The van der Waals surface area contributed by atoms with Crippen LogP contribution in [-0.2, 0) is 18.2 Å². The fourth-order valence-electron chi connectivity index (χ4n) is 2.40. The molecule has 1 aromatic rings. The average molecular weight is 281 g/mol. The summed E-state index contributed by atoms with van der Waals surface area (Å²) in [6.07, 6.45) is 4.34. The molecule has 0 saturated carbocycles. The van der Waals surface area contributed by atoms with Gasteiger partial charge in [0.15, 0.2) is 0 Å². The van der Waals surface area contributed by atoms with Gasteiger partial charge in [-0.15, -0.1) is 10.2 Å². The average Bonchev–Trinajstić information content (AvgIpc) is 2.85. The highest BCUT2D eigenvalue weighted by Gasteiger charge is 2.23. The van der Waals surface area contributed by atoms with E-state index in [9.17, 15) is 4.79 Å². The summed E-state index contributed by atoms with van der Waals surface area (Å²) >= 11 is 0. The number of nitrogens with zero attached hydrogens (tertiary/aromatic N) is 4. The first-order valence-corrected chi connectivity index (χ1v) is 7.18. The molecule has 7 nitrogen and oxygen atoms in total. The van der Waals surface area contributed by atoms with Crippen molar-refractivity contribution in [1.82, 2.24) is 25.0 Å². The van der Waals surface area contributed by atoms with Crippen LogP contribution in [0.15, 0.2) is 6.33 Å². The quantitative estimate of drug-likeness (QED) is 0.854. The Balaban J connectivity index is 1.65. The van der Waals surface area contributed by atoms with Crippen LogP contribution in [0.1, 0.15) is 25.6 Å². The van der Waals surface area contributed by atoms with Crippen molar-refractivity contribution < 1.29 is 9.53 Å². The van der Waals surface area contributed by atoms with E-state index in [1.807, 2.05) is 18.5 Å². The molecule has 0 radical (unpaired) electrons. The van der Waals surface area contributed by atoms with Crippen LogP contribution in [0.4, 0.5) is 4.79 Å². The van der Waals surface area contributed by atoms with E-state index in [0.717, 1.165) is 44.7 Å². The molecule has 0 unspecified atom stereocenters. The second kappa shape index (κ2) is 7.23. The van der Waals surface area contributed by atoms with Crippen LogP contribution < -0.4 is 5.32 Å². The molecule has 2 heterocycles. The molecule has 0 atom stereocenters. The fourth-order valence-corrected chi connectivity index (χ4v) is 2.40. The van der Waals surface area contributed by atoms with Gasteiger partial charge in [0.05, 0.1) is 6.61 Å². The minimum atomic E-state index is -0.190. The number of rotatable bonds is 5. The van der Waals surface area contributed by atoms with Crippen LogP contribution in [0.3, 0.4) is 0 Å². The lowest BCUT2D eigenvalue weighted by molar-refractivity contribution is 0.0951. The van der Waals surface area contributed by atoms with Crippen molar-refractivity contribution in [1.29, 1.82) is 0 Å². The molecule has 1 aliphatic heterocycles. The van der Waals surface area contributed by atoms with Gasteiger partial charge < -0.3 is 19.5 Å². The van der Waals surface area contributed by atoms with E-state index in [4.69, 9.17) is 4.74 Å². The Bertz CT molecular complexity index is 426. The number of likely N-dealkylation sites (tertiary alicyclic amines) is 1. The van der Waals surface area contributed by atoms with Crippen molar-refractivity contribution in [3.05, 3.63) is 12.2 Å². The first-order chi connectivity index (χ1) is 9.70. The molecular weight excluding hydrogens is 258 g/mol. The van der Waals surface area contributed by atoms with Gasteiger partial charge >= 0.3 is 6.09 Å². The molecule has 2 rings (SSSR count). The second-order valence-electron chi connectivity index (χ2n) is 5.02. The maximum absolute atomic E-state index is 11.6. The molecule has 1 amide bonds. The minimum Gasteiger partial charge on any atom is -0.450 e. The van der Waals surface area contributed by atoms with Gasteiger partial charge in [-0.2, -0.15) is 0 Å². The Morgan fingerprint density at radius 1 is 1.50 bits per heavy atom. The number of hydrogen-bond donors (Lipinski definition) is 1. The number of piperidine rings is 1. The normalized spacial score (nSPS) is 16.4. The van der Waals surface area contributed by atoms with Crippen LogP contribution >= 0.6 is 0 Å². The largest absolute Gasteiger partial charge is 0.450 e. The molecule has 7 heteroatoms. The highest BCUT2D eigenvalue weighted by Crippen LogP contribution is 2.11. The predicted molar refractivity (Wildman–Crippen MR) is 74.3 cm³/mol. The number of ether oxygens (including phenoxy) is 1. The van der Waals surface area contributed by atoms with Crippen LogP contribution in [0.5, 0.6) is 0 Å². The maximum Gasteiger partial charge on any atom is 0.409 e. The Morgan fingerprint density at radius 3 is 2.85 bits per heavy atom. The maximum atomic E-state index is 11.6. The zero-order valence-corrected chi connectivity index (χ0v) is 12.2. The van der Waals surface area contributed by atoms with Gasteiger partial charge in [0, 0.05) is 39.1 Å². The molecule has 1 aromatic heterocycles. The fraction of sp³-hybridized carbons (Fsp3) is 0.769. The van der Waals surface area contributed by atoms with E-state index in [0.29, 0.717) is 12.6 Å². The molecule has 112 valence electrons. The molecule has 0 aromatic carbocycles. The first-order valence-electron chi connectivity index (χ1n) is 7.18. The summed E-state index contributed by atoms with van der Waals surface area (Å²) in [4.78, 5) is 13.4. The lowest BCUT2D eigenvalue weighted by Gasteiger charge is -2.31. The Kier molecular flexibility index (Phi) is 5.34. The second-order valence-corrected chi connectivity index (χ2v) is 5.02. The third-order valence-corrected chi connectivity index (χ3v) is 3.61. The summed E-state index contributed by atoms with van der Waals surface area (Å²) in [7, 11) is 1.95. The van der Waals surface area contributed by atoms with Gasteiger partial charge in [-0.3, -0.25) is 0 Å². The van der Waals surface area contributed by atoms with E-state index >= 15 is 0 Å². The number of nitrogens with one attached hydrogen (secondary N) is 1. The third-order valence-electron chi connectivity index (χ3n) is 3.61. The number of hydrogen-bond acceptors (Lipinski definition) is 5. The third kappa shape index (κ3) is 3.93. The van der Waals surface area contributed by atoms with E-state index in [-0.39, 0.29) is 6.09 Å². The summed E-state index contributed by atoms with van der Waals surface area (Å²) in [5.41, 5.74) is 0. The molecule has 1 saturated heterocycles. The van der Waals surface area contributed by atoms with Crippen LogP contribution in [0.25, 0.3) is 0 Å². The Hall–Kier alpha value is -1.63. The van der Waals surface area contributed by atoms with Gasteiger partial charge in [-0.25, -0.2) is 4.79 Å². The van der Waals surface area contributed by atoms with E-state index in [1.54, 1.807) is 11.2 Å². The first kappa shape index (κ1) is 14.8. The number of aromatic nitrogens is 3. The predicted octanol–water partition coefficient (Wildman–Crippen LogP) is 0.568. The van der Waals surface area contributed by atoms with Crippen molar-refractivity contribution in [3.63, 3.8) is 0 Å². The molecule has 1 aliphatic rings. The van der Waals surface area contributed by atoms with Crippen LogP contribution in [0.2, 0.25) is 0 Å². The minimum absolute atomic E-state index is 0.190. The van der Waals surface area contributed by atoms with Gasteiger partial charge in [-0.1, -0.05) is 0 Å². The summed E-state index contributed by atoms with van der Waals surface area (Å²) in [6, 6.07) is 0.467. The number of carbonyl (C=O) groups is 1. The van der Waals surface area contributed by atoms with Gasteiger partial charge in [0.2, 0.25) is 0 Å². The lowest BCUT2D eigenvalue weighted by Crippen LogP contribution is -2.45. The topological polar surface area (TPSA) is 72.3 Å². The highest BCUT2D eigenvalue weighted by atomic mass is 16.6. The summed E-state index contributed by atoms with van der Waals surface area (Å²) in [5, 5.41) is 11.4. The highest BCUT2D eigenvalue weighted by molar-refractivity contribution is 5.67. The smallest absolute Gasteiger partial charge is 0.409 e. The Morgan fingerprint density at radius 2 is 2.25 bits per heavy atom. The lowest BCUT2D eigenvalue weighted by atomic mass is 10.1. The van der Waals surface area contributed by atoms with Crippen molar-refractivity contribution in [2.45, 2.75) is 32.2 Å². The molecule has 20 heavy (non-hydrogen) atoms. The van der Waals surface area contributed by atoms with E-state index in [1.165, 1.54) is 0 Å². The monoisotopic (exact) mass is 281 g/mol. The van der Waals surface area contributed by atoms with Crippen LogP contribution in [0, 0.1) is 0 Å². The summed E-state index contributed by atoms with van der Waals surface area (Å²) in [5.74, 6) is 0.987. The standard InChI is InChI=1S/C13H23N5O2/c1-3-20-13(19)18-8-5-11(6-9-18)14-7-4-12-16-15-10-17(12)2/h10-11,14H,3-9H2,1-2H3. The number of carbonyl (C=O) groups excluding carboxylic acids is 1. The Labute approximate surface area is 119 Å². The van der Waals surface area contributed by atoms with Crippen molar-refractivity contribution in [2.24, 2.45) is 7.05 Å². The molecule has 1 fully saturated rings. The number of amides is 1. The zero-order chi connectivity index (χ0) is 14.4. The van der Waals surface area contributed by atoms with Gasteiger partial charge in [-0.05, 0) is 19.8 Å². The number of aryl methyl sites for hydroxylation is 1. The van der Waals surface area contributed by atoms with Crippen molar-refractivity contribution in [3.8, 4) is 0 Å². The van der Waals surface area contributed by atoms with Gasteiger partial charge in [0.1, 0.15) is 12.2 Å².